The summed E-state index contributed by atoms with van der Waals surface area (Å²) in [5.74, 6) is 0.0221. The molecule has 0 bridgehead atoms. The van der Waals surface area contributed by atoms with E-state index in [0.29, 0.717) is 25.9 Å². The second kappa shape index (κ2) is 6.87. The molecule has 2 aromatic heterocycles. The molecule has 0 saturated carbocycles. The summed E-state index contributed by atoms with van der Waals surface area (Å²) in [7, 11) is 0. The van der Waals surface area contributed by atoms with Crippen LogP contribution in [0.5, 0.6) is 0 Å². The van der Waals surface area contributed by atoms with E-state index in [9.17, 15) is 9.90 Å². The molecule has 0 amide bonds. The smallest absolute Gasteiger partial charge is 0.310 e. The van der Waals surface area contributed by atoms with Crippen molar-refractivity contribution in [2.24, 2.45) is 5.41 Å². The second-order valence-corrected chi connectivity index (χ2v) is 6.12. The van der Waals surface area contributed by atoms with Gasteiger partial charge in [-0.25, -0.2) is 4.98 Å². The summed E-state index contributed by atoms with van der Waals surface area (Å²) in [6.45, 7) is 4.92. The molecule has 2 heterocycles. The van der Waals surface area contributed by atoms with Crippen LogP contribution in [-0.2, 0) is 11.3 Å². The molecule has 5 nitrogen and oxygen atoms in total. The standard InChI is InChI=1S/C15H20N2O3S/c1-3-15(4-2,14(18)19)10-16-8-11-9-17-13(21-11)12-6-5-7-20-12/h5-7,9,16H,3-4,8,10H2,1-2H3,(H,18,19). The molecular formula is C15H20N2O3S. The molecule has 0 radical (unpaired) electrons. The Hall–Kier alpha value is -1.66. The van der Waals surface area contributed by atoms with E-state index in [2.05, 4.69) is 10.3 Å². The van der Waals surface area contributed by atoms with Crippen molar-refractivity contribution in [3.05, 3.63) is 29.5 Å². The minimum absolute atomic E-state index is 0.462. The van der Waals surface area contributed by atoms with E-state index < -0.39 is 11.4 Å². The Kier molecular flexibility index (Phi) is 5.14. The quantitative estimate of drug-likeness (QED) is 0.782. The Morgan fingerprint density at radius 1 is 1.48 bits per heavy atom. The average molecular weight is 308 g/mol. The summed E-state index contributed by atoms with van der Waals surface area (Å²) in [6.07, 6.45) is 4.66. The molecule has 2 N–H and O–H groups in total. The topological polar surface area (TPSA) is 75.4 Å². The van der Waals surface area contributed by atoms with Crippen LogP contribution >= 0.6 is 11.3 Å². The maximum atomic E-state index is 11.4. The highest BCUT2D eigenvalue weighted by atomic mass is 32.1. The van der Waals surface area contributed by atoms with Crippen LogP contribution in [0.25, 0.3) is 10.8 Å². The van der Waals surface area contributed by atoms with Gasteiger partial charge in [0, 0.05) is 24.2 Å². The lowest BCUT2D eigenvalue weighted by Crippen LogP contribution is -2.39. The lowest BCUT2D eigenvalue weighted by atomic mass is 9.82. The van der Waals surface area contributed by atoms with Gasteiger partial charge in [0.25, 0.3) is 0 Å². The molecule has 0 aliphatic rings. The molecule has 0 fully saturated rings. The Labute approximate surface area is 128 Å². The maximum Gasteiger partial charge on any atom is 0.310 e. The molecule has 21 heavy (non-hydrogen) atoms. The third kappa shape index (κ3) is 3.51. The molecule has 0 aromatic carbocycles. The van der Waals surface area contributed by atoms with Crippen LogP contribution in [0.1, 0.15) is 31.6 Å². The number of carboxylic acids is 1. The van der Waals surface area contributed by atoms with Crippen LogP contribution in [0.4, 0.5) is 0 Å². The van der Waals surface area contributed by atoms with E-state index in [1.807, 2.05) is 26.0 Å². The van der Waals surface area contributed by atoms with Crippen LogP contribution in [-0.4, -0.2) is 22.6 Å². The molecular weight excluding hydrogens is 288 g/mol. The number of rotatable bonds is 8. The van der Waals surface area contributed by atoms with Gasteiger partial charge in [-0.05, 0) is 25.0 Å². The van der Waals surface area contributed by atoms with Gasteiger partial charge in [-0.2, -0.15) is 0 Å². The van der Waals surface area contributed by atoms with Crippen LogP contribution < -0.4 is 5.32 Å². The summed E-state index contributed by atoms with van der Waals surface area (Å²) in [5, 5.41) is 13.5. The zero-order chi connectivity index (χ0) is 15.3. The monoisotopic (exact) mass is 308 g/mol. The fourth-order valence-electron chi connectivity index (χ4n) is 2.21. The minimum Gasteiger partial charge on any atom is -0.481 e. The molecule has 0 atom stereocenters. The van der Waals surface area contributed by atoms with Gasteiger partial charge in [-0.3, -0.25) is 4.79 Å². The highest BCUT2D eigenvalue weighted by molar-refractivity contribution is 7.14. The zero-order valence-corrected chi connectivity index (χ0v) is 13.1. The van der Waals surface area contributed by atoms with Crippen LogP contribution in [0.3, 0.4) is 0 Å². The Morgan fingerprint density at radius 3 is 2.81 bits per heavy atom. The second-order valence-electron chi connectivity index (χ2n) is 5.01. The predicted molar refractivity (Wildman–Crippen MR) is 82.2 cm³/mol. The molecule has 0 unspecified atom stereocenters. The first kappa shape index (κ1) is 15.7. The van der Waals surface area contributed by atoms with Crippen molar-refractivity contribution in [3.63, 3.8) is 0 Å². The molecule has 2 aromatic rings. The first-order chi connectivity index (χ1) is 10.1. The van der Waals surface area contributed by atoms with E-state index in [0.717, 1.165) is 15.6 Å². The summed E-state index contributed by atoms with van der Waals surface area (Å²) in [4.78, 5) is 16.8. The van der Waals surface area contributed by atoms with E-state index in [1.165, 1.54) is 0 Å². The van der Waals surface area contributed by atoms with Crippen LogP contribution in [0.2, 0.25) is 0 Å². The Morgan fingerprint density at radius 2 is 2.24 bits per heavy atom. The van der Waals surface area contributed by atoms with Crippen molar-refractivity contribution >= 4 is 17.3 Å². The number of carbonyl (C=O) groups is 1. The van der Waals surface area contributed by atoms with Crippen molar-refractivity contribution in [2.45, 2.75) is 33.2 Å². The summed E-state index contributed by atoms with van der Waals surface area (Å²) >= 11 is 1.55. The summed E-state index contributed by atoms with van der Waals surface area (Å²) < 4.78 is 5.31. The zero-order valence-electron chi connectivity index (χ0n) is 12.3. The lowest BCUT2D eigenvalue weighted by molar-refractivity contribution is -0.149. The van der Waals surface area contributed by atoms with Crippen molar-refractivity contribution < 1.29 is 14.3 Å². The molecule has 0 spiro atoms. The Balaban J connectivity index is 1.93. The minimum atomic E-state index is -0.736. The summed E-state index contributed by atoms with van der Waals surface area (Å²) in [6, 6.07) is 3.71. The first-order valence-electron chi connectivity index (χ1n) is 7.04. The van der Waals surface area contributed by atoms with Crippen molar-refractivity contribution in [1.82, 2.24) is 10.3 Å². The molecule has 6 heteroatoms. The molecule has 0 aliphatic heterocycles. The highest BCUT2D eigenvalue weighted by Crippen LogP contribution is 2.27. The number of nitrogens with one attached hydrogen (secondary N) is 1. The fraction of sp³-hybridized carbons (Fsp3) is 0.467. The average Bonchev–Trinajstić information content (AvgIpc) is 3.14. The SMILES string of the molecule is CCC(CC)(CNCc1cnc(-c2ccco2)s1)C(=O)O. The normalized spacial score (nSPS) is 11.7. The summed E-state index contributed by atoms with van der Waals surface area (Å²) in [5.41, 5.74) is -0.686. The number of thiazole rings is 1. The molecule has 0 saturated heterocycles. The molecule has 0 aliphatic carbocycles. The first-order valence-corrected chi connectivity index (χ1v) is 7.85. The van der Waals surface area contributed by atoms with Gasteiger partial charge in [0.2, 0.25) is 0 Å². The van der Waals surface area contributed by atoms with Gasteiger partial charge in [0.1, 0.15) is 0 Å². The number of nitrogens with zero attached hydrogens (tertiary/aromatic N) is 1. The lowest BCUT2D eigenvalue weighted by Gasteiger charge is -2.26. The van der Waals surface area contributed by atoms with Gasteiger partial charge < -0.3 is 14.8 Å². The van der Waals surface area contributed by atoms with Gasteiger partial charge in [-0.15, -0.1) is 11.3 Å². The van der Waals surface area contributed by atoms with E-state index >= 15 is 0 Å². The number of furan rings is 1. The van der Waals surface area contributed by atoms with Crippen LogP contribution in [0.15, 0.2) is 29.0 Å². The van der Waals surface area contributed by atoms with Crippen LogP contribution in [0, 0.1) is 5.41 Å². The third-order valence-corrected chi connectivity index (χ3v) is 4.87. The van der Waals surface area contributed by atoms with E-state index in [1.54, 1.807) is 23.8 Å². The number of hydrogen-bond donors (Lipinski definition) is 2. The number of hydrogen-bond acceptors (Lipinski definition) is 5. The van der Waals surface area contributed by atoms with Gasteiger partial charge in [-0.1, -0.05) is 13.8 Å². The van der Waals surface area contributed by atoms with E-state index in [-0.39, 0.29) is 0 Å². The molecule has 114 valence electrons. The fourth-order valence-corrected chi connectivity index (χ4v) is 3.06. The third-order valence-electron chi connectivity index (χ3n) is 3.86. The Bertz CT molecular complexity index is 574. The van der Waals surface area contributed by atoms with Gasteiger partial charge in [0.15, 0.2) is 10.8 Å². The number of aliphatic carboxylic acids is 1. The highest BCUT2D eigenvalue weighted by Gasteiger charge is 2.34. The largest absolute Gasteiger partial charge is 0.481 e. The predicted octanol–water partition coefficient (Wildman–Crippen LogP) is 3.38. The van der Waals surface area contributed by atoms with Crippen molar-refractivity contribution in [3.8, 4) is 10.8 Å². The number of aromatic nitrogens is 1. The number of carboxylic acid groups (broad SMARTS) is 1. The van der Waals surface area contributed by atoms with Crippen molar-refractivity contribution in [2.75, 3.05) is 6.54 Å². The van der Waals surface area contributed by atoms with Gasteiger partial charge >= 0.3 is 5.97 Å². The van der Waals surface area contributed by atoms with E-state index in [4.69, 9.17) is 4.42 Å². The maximum absolute atomic E-state index is 11.4. The van der Waals surface area contributed by atoms with Gasteiger partial charge in [0.05, 0.1) is 11.7 Å². The molecule has 2 rings (SSSR count). The van der Waals surface area contributed by atoms with Crippen molar-refractivity contribution in [1.29, 1.82) is 0 Å².